The van der Waals surface area contributed by atoms with Crippen LogP contribution in [0.3, 0.4) is 0 Å². The number of esters is 2. The zero-order valence-electron chi connectivity index (χ0n) is 36.3. The Morgan fingerprint density at radius 2 is 0.857 bits per heavy atom. The van der Waals surface area contributed by atoms with Crippen LogP contribution in [0.4, 0.5) is 11.4 Å². The van der Waals surface area contributed by atoms with Gasteiger partial charge in [-0.15, -0.1) is 0 Å². The average molecular weight is 849 g/mol. The summed E-state index contributed by atoms with van der Waals surface area (Å²) in [7, 11) is 0. The van der Waals surface area contributed by atoms with E-state index in [1.807, 2.05) is 62.4 Å². The lowest BCUT2D eigenvalue weighted by atomic mass is 9.99. The van der Waals surface area contributed by atoms with Gasteiger partial charge in [0, 0.05) is 44.0 Å². The van der Waals surface area contributed by atoms with E-state index in [4.69, 9.17) is 23.7 Å². The summed E-state index contributed by atoms with van der Waals surface area (Å²) in [5, 5.41) is 3.48. The second-order valence-corrected chi connectivity index (χ2v) is 15.7. The zero-order chi connectivity index (χ0) is 44.0. The second-order valence-electron chi connectivity index (χ2n) is 15.7. The number of anilines is 2. The van der Waals surface area contributed by atoms with E-state index in [-0.39, 0.29) is 24.7 Å². The third-order valence-corrected chi connectivity index (χ3v) is 11.5. The zero-order valence-corrected chi connectivity index (χ0v) is 36.3. The molecule has 0 atom stereocenters. The predicted octanol–water partition coefficient (Wildman–Crippen LogP) is 10.3. The molecule has 63 heavy (non-hydrogen) atoms. The Hall–Kier alpha value is -6.88. The number of nitrogens with zero attached hydrogens (tertiary/aromatic N) is 2. The van der Waals surface area contributed by atoms with Gasteiger partial charge in [-0.25, -0.2) is 0 Å². The van der Waals surface area contributed by atoms with Gasteiger partial charge in [0.05, 0.1) is 63.5 Å². The minimum absolute atomic E-state index is 0.130. The van der Waals surface area contributed by atoms with E-state index in [0.717, 1.165) is 58.4 Å². The predicted molar refractivity (Wildman–Crippen MR) is 243 cm³/mol. The van der Waals surface area contributed by atoms with Gasteiger partial charge in [0.2, 0.25) is 0 Å². The van der Waals surface area contributed by atoms with E-state index in [1.54, 1.807) is 58.3 Å². The lowest BCUT2D eigenvalue weighted by Gasteiger charge is -2.17. The topological polar surface area (TPSA) is 121 Å². The highest BCUT2D eigenvalue weighted by atomic mass is 16.6. The van der Waals surface area contributed by atoms with Crippen LogP contribution in [-0.2, 0) is 40.3 Å². The Labute approximate surface area is 367 Å². The summed E-state index contributed by atoms with van der Waals surface area (Å²) in [5.74, 6) is 0.765. The molecule has 0 unspecified atom stereocenters. The highest BCUT2D eigenvalue weighted by Crippen LogP contribution is 2.48. The van der Waals surface area contributed by atoms with Crippen LogP contribution in [0.2, 0.25) is 0 Å². The number of carbonyl (C=O) groups is 4. The van der Waals surface area contributed by atoms with Crippen molar-refractivity contribution in [2.45, 2.75) is 79.3 Å². The van der Waals surface area contributed by atoms with Gasteiger partial charge in [-0.1, -0.05) is 99.5 Å². The summed E-state index contributed by atoms with van der Waals surface area (Å²) in [6.45, 7) is 10.5. The van der Waals surface area contributed by atoms with Crippen LogP contribution in [-0.4, -0.2) is 50.2 Å². The van der Waals surface area contributed by atoms with E-state index in [0.29, 0.717) is 96.1 Å². The van der Waals surface area contributed by atoms with E-state index in [2.05, 4.69) is 13.8 Å². The van der Waals surface area contributed by atoms with Gasteiger partial charge in [-0.3, -0.25) is 19.2 Å². The number of hydrogen-bond acceptors (Lipinski definition) is 9. The molecular weight excluding hydrogens is 797 g/mol. The maximum atomic E-state index is 14.1. The van der Waals surface area contributed by atoms with Crippen LogP contribution in [0, 0.1) is 0 Å². The first kappa shape index (κ1) is 42.8. The first-order valence-corrected chi connectivity index (χ1v) is 22.0. The van der Waals surface area contributed by atoms with Gasteiger partial charge >= 0.3 is 11.9 Å². The van der Waals surface area contributed by atoms with Crippen molar-refractivity contribution in [2.75, 3.05) is 36.2 Å². The van der Waals surface area contributed by atoms with E-state index >= 15 is 0 Å². The van der Waals surface area contributed by atoms with Gasteiger partial charge < -0.3 is 33.5 Å². The van der Waals surface area contributed by atoms with Gasteiger partial charge in [-0.05, 0) is 62.1 Å². The molecule has 2 aliphatic rings. The van der Waals surface area contributed by atoms with Crippen LogP contribution < -0.4 is 28.7 Å². The SMILES string of the molecule is CCCCOc1c2c(c(OCC)c3ccccc13)C(=O)N(c1ccc(CC(=O)OC(=O)Cc3ccc(N4Cc5c(c(OCCCC)c6ccccc6c5OCC)C4=O)cc3)cc1)C2. The summed E-state index contributed by atoms with van der Waals surface area (Å²) in [4.78, 5) is 57.5. The average Bonchev–Trinajstić information content (AvgIpc) is 3.82. The highest BCUT2D eigenvalue weighted by molar-refractivity contribution is 6.18. The lowest BCUT2D eigenvalue weighted by molar-refractivity contribution is -0.158. The largest absolute Gasteiger partial charge is 0.493 e. The summed E-state index contributed by atoms with van der Waals surface area (Å²) >= 11 is 0. The molecule has 6 aromatic carbocycles. The van der Waals surface area contributed by atoms with Crippen LogP contribution in [0.1, 0.15) is 96.3 Å². The molecule has 8 rings (SSSR count). The van der Waals surface area contributed by atoms with Gasteiger partial charge in [-0.2, -0.15) is 0 Å². The molecule has 324 valence electrons. The lowest BCUT2D eigenvalue weighted by Crippen LogP contribution is -2.23. The third kappa shape index (κ3) is 8.52. The minimum Gasteiger partial charge on any atom is -0.493 e. The Balaban J connectivity index is 0.912. The molecule has 2 amide bonds. The highest BCUT2D eigenvalue weighted by Gasteiger charge is 2.38. The quantitative estimate of drug-likeness (QED) is 0.0473. The third-order valence-electron chi connectivity index (χ3n) is 11.5. The van der Waals surface area contributed by atoms with Crippen molar-refractivity contribution in [3.8, 4) is 23.0 Å². The Morgan fingerprint density at radius 3 is 1.27 bits per heavy atom. The first-order valence-electron chi connectivity index (χ1n) is 22.0. The number of rotatable bonds is 18. The smallest absolute Gasteiger partial charge is 0.317 e. The maximum absolute atomic E-state index is 14.1. The number of fused-ring (bicyclic) bond motifs is 4. The molecule has 0 spiro atoms. The normalized spacial score (nSPS) is 13.1. The van der Waals surface area contributed by atoms with Crippen molar-refractivity contribution in [3.05, 3.63) is 130 Å². The summed E-state index contributed by atoms with van der Waals surface area (Å²) in [6.07, 6.45) is 3.44. The number of benzene rings is 6. The molecule has 0 radical (unpaired) electrons. The van der Waals surface area contributed by atoms with Crippen LogP contribution >= 0.6 is 0 Å². The molecule has 2 heterocycles. The van der Waals surface area contributed by atoms with Crippen molar-refractivity contribution in [1.82, 2.24) is 0 Å². The van der Waals surface area contributed by atoms with E-state index < -0.39 is 11.9 Å². The van der Waals surface area contributed by atoms with Crippen molar-refractivity contribution in [2.24, 2.45) is 0 Å². The fourth-order valence-corrected chi connectivity index (χ4v) is 8.43. The molecule has 0 saturated carbocycles. The standard InChI is InChI=1S/C52H52N2O9/c1-5-9-27-61-48-38-16-12-13-17-39(38)49(60-8-4)45-42(48)32-54(51(45)57)36-25-21-34(22-26-36)30-44(56)63-43(55)29-33-19-23-35(24-20-33)53-31-41-46(52(53)58)50(62-28-10-6-2)40-18-14-11-15-37(40)47(41)59-7-3/h11-26H,5-10,27-32H2,1-4H3. The van der Waals surface area contributed by atoms with Crippen LogP contribution in [0.25, 0.3) is 21.5 Å². The molecule has 0 fully saturated rings. The molecule has 11 heteroatoms. The monoisotopic (exact) mass is 848 g/mol. The van der Waals surface area contributed by atoms with Crippen LogP contribution in [0.15, 0.2) is 97.1 Å². The van der Waals surface area contributed by atoms with Gasteiger partial charge in [0.1, 0.15) is 23.0 Å². The van der Waals surface area contributed by atoms with Crippen molar-refractivity contribution < 1.29 is 42.9 Å². The Kier molecular flexibility index (Phi) is 12.9. The van der Waals surface area contributed by atoms with Crippen molar-refractivity contribution in [1.29, 1.82) is 0 Å². The first-order chi connectivity index (χ1) is 30.8. The number of hydrogen-bond donors (Lipinski definition) is 0. The van der Waals surface area contributed by atoms with Crippen LogP contribution in [0.5, 0.6) is 23.0 Å². The molecule has 6 aromatic rings. The summed E-state index contributed by atoms with van der Waals surface area (Å²) in [5.41, 5.74) is 5.16. The van der Waals surface area contributed by atoms with E-state index in [9.17, 15) is 19.2 Å². The Bertz CT molecular complexity index is 2630. The Morgan fingerprint density at radius 1 is 0.492 bits per heavy atom. The van der Waals surface area contributed by atoms with E-state index in [1.165, 1.54) is 0 Å². The van der Waals surface area contributed by atoms with Crippen molar-refractivity contribution >= 4 is 56.7 Å². The van der Waals surface area contributed by atoms with Gasteiger partial charge in [0.25, 0.3) is 11.8 Å². The second kappa shape index (κ2) is 19.0. The number of unbranched alkanes of at least 4 members (excludes halogenated alkanes) is 2. The molecular formula is C52H52N2O9. The maximum Gasteiger partial charge on any atom is 0.317 e. The number of carbonyl (C=O) groups excluding carboxylic acids is 4. The molecule has 0 bridgehead atoms. The summed E-state index contributed by atoms with van der Waals surface area (Å²) < 4.78 is 30.1. The molecule has 2 aliphatic heterocycles. The molecule has 11 nitrogen and oxygen atoms in total. The minimum atomic E-state index is -0.689. The van der Waals surface area contributed by atoms with Crippen molar-refractivity contribution in [3.63, 3.8) is 0 Å². The fourth-order valence-electron chi connectivity index (χ4n) is 8.43. The summed E-state index contributed by atoms with van der Waals surface area (Å²) in [6, 6.07) is 29.9. The molecule has 0 N–H and O–H groups in total. The molecule has 0 aliphatic carbocycles. The fraction of sp³-hybridized carbons (Fsp3) is 0.308. The number of amides is 2. The number of ether oxygens (including phenoxy) is 5. The van der Waals surface area contributed by atoms with Gasteiger partial charge in [0.15, 0.2) is 0 Å². The molecule has 0 saturated heterocycles. The molecule has 0 aromatic heterocycles.